The van der Waals surface area contributed by atoms with Gasteiger partial charge < -0.3 is 5.11 Å². The molecular weight excluding hydrogens is 242 g/mol. The summed E-state index contributed by atoms with van der Waals surface area (Å²) < 4.78 is 0. The third-order valence-electron chi connectivity index (χ3n) is 1.99. The van der Waals surface area contributed by atoms with Gasteiger partial charge in [0, 0.05) is 12.4 Å². The molecule has 0 bridgehead atoms. The number of carbonyl (C=O) groups is 1. The summed E-state index contributed by atoms with van der Waals surface area (Å²) in [5.74, 6) is -0.331. The fourth-order valence-corrected chi connectivity index (χ4v) is 1.42. The molecule has 0 spiro atoms. The van der Waals surface area contributed by atoms with Gasteiger partial charge in [0.25, 0.3) is 5.91 Å². The summed E-state index contributed by atoms with van der Waals surface area (Å²) in [5, 5.41) is 12.0. The number of hydrogen-bond donors (Lipinski definition) is 2. The molecule has 17 heavy (non-hydrogen) atoms. The number of aromatic nitrogens is 2. The maximum atomic E-state index is 11.8. The maximum Gasteiger partial charge on any atom is 0.259 e. The highest BCUT2D eigenvalue weighted by Gasteiger charge is 2.12. The van der Waals surface area contributed by atoms with E-state index in [0.717, 1.165) is 0 Å². The summed E-state index contributed by atoms with van der Waals surface area (Å²) in [4.78, 5) is 19.5. The Labute approximate surface area is 102 Å². The van der Waals surface area contributed by atoms with E-state index in [2.05, 4.69) is 15.3 Å². The monoisotopic (exact) mass is 249 g/mol. The zero-order chi connectivity index (χ0) is 12.3. The molecule has 1 amide bonds. The number of anilines is 1. The minimum absolute atomic E-state index is 0.0338. The first-order valence-corrected chi connectivity index (χ1v) is 5.11. The lowest BCUT2D eigenvalue weighted by Gasteiger charge is -2.05. The van der Waals surface area contributed by atoms with Gasteiger partial charge in [-0.3, -0.25) is 10.1 Å². The van der Waals surface area contributed by atoms with Gasteiger partial charge in [0.05, 0.1) is 10.6 Å². The summed E-state index contributed by atoms with van der Waals surface area (Å²) >= 11 is 5.84. The fourth-order valence-electron chi connectivity index (χ4n) is 1.22. The third-order valence-corrected chi connectivity index (χ3v) is 2.32. The second-order valence-corrected chi connectivity index (χ2v) is 3.60. The third kappa shape index (κ3) is 2.70. The molecule has 1 aromatic heterocycles. The SMILES string of the molecule is O=C(Nc1ncccn1)c1cc(O)ccc1Cl. The summed E-state index contributed by atoms with van der Waals surface area (Å²) in [6, 6.07) is 5.76. The number of aromatic hydroxyl groups is 1. The number of halogens is 1. The lowest BCUT2D eigenvalue weighted by atomic mass is 10.2. The van der Waals surface area contributed by atoms with Crippen molar-refractivity contribution in [2.75, 3.05) is 5.32 Å². The predicted molar refractivity (Wildman–Crippen MR) is 63.1 cm³/mol. The molecule has 86 valence electrons. The largest absolute Gasteiger partial charge is 0.508 e. The number of hydrogen-bond acceptors (Lipinski definition) is 4. The Bertz CT molecular complexity index is 546. The second-order valence-electron chi connectivity index (χ2n) is 3.19. The molecule has 0 fully saturated rings. The Morgan fingerprint density at radius 3 is 2.71 bits per heavy atom. The summed E-state index contributed by atoms with van der Waals surface area (Å²) in [5.41, 5.74) is 0.166. The zero-order valence-electron chi connectivity index (χ0n) is 8.59. The maximum absolute atomic E-state index is 11.8. The van der Waals surface area contributed by atoms with Gasteiger partial charge in [0.2, 0.25) is 5.95 Å². The molecule has 0 unspecified atom stereocenters. The molecule has 0 aliphatic rings. The lowest BCUT2D eigenvalue weighted by molar-refractivity contribution is 0.102. The van der Waals surface area contributed by atoms with Crippen LogP contribution in [0, 0.1) is 0 Å². The molecule has 6 heteroatoms. The number of amides is 1. The van der Waals surface area contributed by atoms with Crippen LogP contribution in [0.1, 0.15) is 10.4 Å². The molecule has 2 N–H and O–H groups in total. The van der Waals surface area contributed by atoms with Crippen molar-refractivity contribution in [3.05, 3.63) is 47.2 Å². The van der Waals surface area contributed by atoms with Crippen molar-refractivity contribution >= 4 is 23.5 Å². The number of nitrogens with zero attached hydrogens (tertiary/aromatic N) is 2. The minimum Gasteiger partial charge on any atom is -0.508 e. The number of rotatable bonds is 2. The van der Waals surface area contributed by atoms with Gasteiger partial charge in [-0.2, -0.15) is 0 Å². The standard InChI is InChI=1S/C11H8ClN3O2/c12-9-3-2-7(16)6-8(9)10(17)15-11-13-4-1-5-14-11/h1-6,16H,(H,13,14,15,17). The number of nitrogens with one attached hydrogen (secondary N) is 1. The minimum atomic E-state index is -0.475. The van der Waals surface area contributed by atoms with E-state index in [1.165, 1.54) is 30.6 Å². The Morgan fingerprint density at radius 2 is 2.00 bits per heavy atom. The van der Waals surface area contributed by atoms with Gasteiger partial charge in [-0.05, 0) is 24.3 Å². The second kappa shape index (κ2) is 4.80. The normalized spacial score (nSPS) is 9.94. The van der Waals surface area contributed by atoms with E-state index < -0.39 is 5.91 Å². The van der Waals surface area contributed by atoms with E-state index in [1.807, 2.05) is 0 Å². The topological polar surface area (TPSA) is 75.1 Å². The van der Waals surface area contributed by atoms with Gasteiger partial charge in [0.15, 0.2) is 0 Å². The molecule has 5 nitrogen and oxygen atoms in total. The quantitative estimate of drug-likeness (QED) is 0.855. The van der Waals surface area contributed by atoms with Crippen LogP contribution in [0.3, 0.4) is 0 Å². The van der Waals surface area contributed by atoms with Crippen LogP contribution in [0.25, 0.3) is 0 Å². The molecule has 2 aromatic rings. The summed E-state index contributed by atoms with van der Waals surface area (Å²) in [6.07, 6.45) is 3.01. The molecular formula is C11H8ClN3O2. The van der Waals surface area contributed by atoms with Crippen molar-refractivity contribution in [1.82, 2.24) is 9.97 Å². The Balaban J connectivity index is 2.23. The van der Waals surface area contributed by atoms with Crippen LogP contribution in [-0.2, 0) is 0 Å². The molecule has 0 radical (unpaired) electrons. The molecule has 0 saturated heterocycles. The smallest absolute Gasteiger partial charge is 0.259 e. The van der Waals surface area contributed by atoms with Crippen molar-refractivity contribution in [1.29, 1.82) is 0 Å². The Hall–Kier alpha value is -2.14. The van der Waals surface area contributed by atoms with E-state index in [9.17, 15) is 9.90 Å². The first-order valence-electron chi connectivity index (χ1n) is 4.74. The molecule has 0 atom stereocenters. The highest BCUT2D eigenvalue weighted by Crippen LogP contribution is 2.21. The van der Waals surface area contributed by atoms with Crippen LogP contribution in [0.2, 0.25) is 5.02 Å². The fraction of sp³-hybridized carbons (Fsp3) is 0. The molecule has 0 saturated carbocycles. The number of phenolic OH excluding ortho intramolecular Hbond substituents is 1. The number of phenols is 1. The summed E-state index contributed by atoms with van der Waals surface area (Å²) in [6.45, 7) is 0. The van der Waals surface area contributed by atoms with Gasteiger partial charge in [-0.15, -0.1) is 0 Å². The van der Waals surface area contributed by atoms with Gasteiger partial charge in [-0.1, -0.05) is 11.6 Å². The Morgan fingerprint density at radius 1 is 1.29 bits per heavy atom. The average Bonchev–Trinajstić information content (AvgIpc) is 2.33. The highest BCUT2D eigenvalue weighted by molar-refractivity contribution is 6.34. The van der Waals surface area contributed by atoms with Crippen LogP contribution in [0.15, 0.2) is 36.7 Å². The van der Waals surface area contributed by atoms with Crippen molar-refractivity contribution in [3.63, 3.8) is 0 Å². The van der Waals surface area contributed by atoms with Crippen LogP contribution < -0.4 is 5.32 Å². The van der Waals surface area contributed by atoms with Crippen molar-refractivity contribution in [3.8, 4) is 5.75 Å². The molecule has 0 aliphatic carbocycles. The van der Waals surface area contributed by atoms with Gasteiger partial charge in [-0.25, -0.2) is 9.97 Å². The number of carbonyl (C=O) groups excluding carboxylic acids is 1. The lowest BCUT2D eigenvalue weighted by Crippen LogP contribution is -2.14. The van der Waals surface area contributed by atoms with E-state index in [-0.39, 0.29) is 22.3 Å². The van der Waals surface area contributed by atoms with E-state index in [0.29, 0.717) is 0 Å². The number of benzene rings is 1. The van der Waals surface area contributed by atoms with Crippen molar-refractivity contribution in [2.45, 2.75) is 0 Å². The first kappa shape index (κ1) is 11.3. The van der Waals surface area contributed by atoms with Gasteiger partial charge in [0.1, 0.15) is 5.75 Å². The van der Waals surface area contributed by atoms with Gasteiger partial charge >= 0.3 is 0 Å². The Kier molecular flexibility index (Phi) is 3.20. The molecule has 1 heterocycles. The van der Waals surface area contributed by atoms with E-state index in [1.54, 1.807) is 6.07 Å². The van der Waals surface area contributed by atoms with Crippen LogP contribution in [0.4, 0.5) is 5.95 Å². The van der Waals surface area contributed by atoms with Crippen molar-refractivity contribution < 1.29 is 9.90 Å². The average molecular weight is 250 g/mol. The molecule has 1 aromatic carbocycles. The zero-order valence-corrected chi connectivity index (χ0v) is 9.35. The van der Waals surface area contributed by atoms with Crippen LogP contribution in [-0.4, -0.2) is 21.0 Å². The predicted octanol–water partition coefficient (Wildman–Crippen LogP) is 2.09. The van der Waals surface area contributed by atoms with Crippen molar-refractivity contribution in [2.24, 2.45) is 0 Å². The highest BCUT2D eigenvalue weighted by atomic mass is 35.5. The molecule has 0 aliphatic heterocycles. The first-order chi connectivity index (χ1) is 8.16. The van der Waals surface area contributed by atoms with E-state index >= 15 is 0 Å². The van der Waals surface area contributed by atoms with Crippen LogP contribution >= 0.6 is 11.6 Å². The van der Waals surface area contributed by atoms with Crippen LogP contribution in [0.5, 0.6) is 5.75 Å². The van der Waals surface area contributed by atoms with E-state index in [4.69, 9.17) is 11.6 Å². The summed E-state index contributed by atoms with van der Waals surface area (Å²) in [7, 11) is 0. The molecule has 2 rings (SSSR count).